The average Bonchev–Trinajstić information content (AvgIpc) is 3.86. The van der Waals surface area contributed by atoms with Gasteiger partial charge in [-0.05, 0) is 71.8 Å². The highest BCUT2D eigenvalue weighted by atomic mass is 15.1. The summed E-state index contributed by atoms with van der Waals surface area (Å²) < 4.78 is 4.53. The summed E-state index contributed by atoms with van der Waals surface area (Å²) in [6, 6.07) is 63.3. The lowest BCUT2D eigenvalue weighted by Gasteiger charge is -2.16. The second-order valence-electron chi connectivity index (χ2n) is 13.9. The van der Waals surface area contributed by atoms with Gasteiger partial charge in [-0.15, -0.1) is 0 Å². The van der Waals surface area contributed by atoms with E-state index in [1.165, 1.54) is 0 Å². The van der Waals surface area contributed by atoms with Gasteiger partial charge in [0.15, 0.2) is 0 Å². The molecule has 0 fully saturated rings. The Kier molecular flexibility index (Phi) is 7.38. The van der Waals surface area contributed by atoms with Gasteiger partial charge in [0.05, 0.1) is 44.5 Å². The lowest BCUT2D eigenvalue weighted by Crippen LogP contribution is -2.00. The Morgan fingerprint density at radius 2 is 0.732 bits per heavy atom. The van der Waals surface area contributed by atoms with Crippen LogP contribution in [0, 0.1) is 0 Å². The van der Waals surface area contributed by atoms with Gasteiger partial charge in [-0.3, -0.25) is 19.1 Å². The van der Waals surface area contributed by atoms with Crippen LogP contribution >= 0.6 is 0 Å². The third-order valence-electron chi connectivity index (χ3n) is 10.7. The molecule has 11 rings (SSSR count). The van der Waals surface area contributed by atoms with Crippen molar-refractivity contribution in [1.29, 1.82) is 0 Å². The molecule has 0 radical (unpaired) electrons. The first-order valence-electron chi connectivity index (χ1n) is 18.7. The number of pyridine rings is 2. The molecule has 11 aromatic rings. The van der Waals surface area contributed by atoms with Crippen LogP contribution in [0.4, 0.5) is 0 Å². The van der Waals surface area contributed by atoms with Crippen molar-refractivity contribution in [3.63, 3.8) is 0 Å². The largest absolute Gasteiger partial charge is 0.292 e. The molecule has 0 bridgehead atoms. The summed E-state index contributed by atoms with van der Waals surface area (Å²) >= 11 is 0. The molecule has 4 heterocycles. The van der Waals surface area contributed by atoms with Crippen molar-refractivity contribution < 1.29 is 0 Å². The number of para-hydroxylation sites is 4. The molecular weight excluding hydrogens is 685 g/mol. The van der Waals surface area contributed by atoms with Gasteiger partial charge in [0, 0.05) is 45.4 Å². The van der Waals surface area contributed by atoms with Gasteiger partial charge in [0.25, 0.3) is 0 Å². The first kappa shape index (κ1) is 31.8. The zero-order valence-electron chi connectivity index (χ0n) is 30.2. The van der Waals surface area contributed by atoms with Crippen LogP contribution < -0.4 is 0 Å². The summed E-state index contributed by atoms with van der Waals surface area (Å²) in [5, 5.41) is 2.11. The van der Waals surface area contributed by atoms with E-state index < -0.39 is 0 Å². The fourth-order valence-corrected chi connectivity index (χ4v) is 8.10. The summed E-state index contributed by atoms with van der Waals surface area (Å²) in [5.74, 6) is 1.80. The molecule has 0 aliphatic rings. The fourth-order valence-electron chi connectivity index (χ4n) is 8.10. The molecule has 0 saturated carbocycles. The highest BCUT2D eigenvalue weighted by molar-refractivity contribution is 6.02. The van der Waals surface area contributed by atoms with Crippen molar-refractivity contribution in [2.24, 2.45) is 0 Å². The molecule has 0 aliphatic heterocycles. The van der Waals surface area contributed by atoms with Crippen molar-refractivity contribution in [2.45, 2.75) is 0 Å². The molecular formula is C50H32N6. The Bertz CT molecular complexity index is 3020. The maximum Gasteiger partial charge on any atom is 0.145 e. The maximum absolute atomic E-state index is 5.09. The van der Waals surface area contributed by atoms with Gasteiger partial charge in [-0.1, -0.05) is 121 Å². The van der Waals surface area contributed by atoms with Crippen molar-refractivity contribution in [1.82, 2.24) is 29.1 Å². The van der Waals surface area contributed by atoms with Crippen molar-refractivity contribution in [3.8, 4) is 56.4 Å². The number of aromatic nitrogens is 6. The fraction of sp³-hybridized carbons (Fsp3) is 0. The minimum absolute atomic E-state index is 0.901. The minimum Gasteiger partial charge on any atom is -0.292 e. The Morgan fingerprint density at radius 3 is 1.18 bits per heavy atom. The van der Waals surface area contributed by atoms with Crippen LogP contribution in [0.3, 0.4) is 0 Å². The van der Waals surface area contributed by atoms with Gasteiger partial charge >= 0.3 is 0 Å². The van der Waals surface area contributed by atoms with Gasteiger partial charge in [0.1, 0.15) is 11.6 Å². The first-order chi connectivity index (χ1) is 27.8. The van der Waals surface area contributed by atoms with E-state index in [-0.39, 0.29) is 0 Å². The molecule has 0 amide bonds. The van der Waals surface area contributed by atoms with Crippen LogP contribution in [0.5, 0.6) is 0 Å². The Balaban J connectivity index is 1.02. The van der Waals surface area contributed by atoms with Crippen LogP contribution in [0.25, 0.3) is 100 Å². The molecule has 56 heavy (non-hydrogen) atoms. The van der Waals surface area contributed by atoms with E-state index in [1.807, 2.05) is 48.8 Å². The molecule has 6 heteroatoms. The predicted octanol–water partition coefficient (Wildman–Crippen LogP) is 12.1. The van der Waals surface area contributed by atoms with Gasteiger partial charge < -0.3 is 0 Å². The van der Waals surface area contributed by atoms with Crippen LogP contribution in [0.15, 0.2) is 194 Å². The zero-order valence-corrected chi connectivity index (χ0v) is 30.2. The quantitative estimate of drug-likeness (QED) is 0.172. The third-order valence-corrected chi connectivity index (χ3v) is 10.7. The van der Waals surface area contributed by atoms with E-state index in [0.29, 0.717) is 0 Å². The molecule has 7 aromatic carbocycles. The number of rotatable bonds is 6. The van der Waals surface area contributed by atoms with Crippen molar-refractivity contribution in [2.75, 3.05) is 0 Å². The van der Waals surface area contributed by atoms with Crippen LogP contribution in [0.1, 0.15) is 0 Å². The van der Waals surface area contributed by atoms with E-state index in [2.05, 4.69) is 155 Å². The minimum atomic E-state index is 0.901. The highest BCUT2D eigenvalue weighted by Gasteiger charge is 2.20. The first-order valence-corrected chi connectivity index (χ1v) is 18.7. The summed E-state index contributed by atoms with van der Waals surface area (Å²) in [6.45, 7) is 0. The smallest absolute Gasteiger partial charge is 0.145 e. The SMILES string of the molecule is c1ccc(-c2nc3ccccc3n2-c2ccc(-c3ccc(-c4ccc(-n5c(-c6ccccc6)nc6ccccc65)c5cccnc45)cc3)c3ncccc23)cc1. The number of imidazole rings is 2. The van der Waals surface area contributed by atoms with Crippen molar-refractivity contribution >= 4 is 43.9 Å². The van der Waals surface area contributed by atoms with E-state index >= 15 is 0 Å². The van der Waals surface area contributed by atoms with Gasteiger partial charge in [0.2, 0.25) is 0 Å². The Labute approximate surface area is 322 Å². The molecule has 4 aromatic heterocycles. The highest BCUT2D eigenvalue weighted by Crippen LogP contribution is 2.39. The topological polar surface area (TPSA) is 61.4 Å². The van der Waals surface area contributed by atoms with Gasteiger partial charge in [-0.2, -0.15) is 0 Å². The van der Waals surface area contributed by atoms with Crippen LogP contribution in [-0.4, -0.2) is 29.1 Å². The lowest BCUT2D eigenvalue weighted by molar-refractivity contribution is 1.11. The Morgan fingerprint density at radius 1 is 0.321 bits per heavy atom. The summed E-state index contributed by atoms with van der Waals surface area (Å²) in [4.78, 5) is 20.1. The molecule has 0 atom stereocenters. The number of hydrogen-bond donors (Lipinski definition) is 0. The standard InChI is InChI=1S/C50H32N6/c1-3-13-35(14-4-1)49-53-41-19-7-9-21-45(41)55(49)43-29-27-37(47-39(43)17-11-31-51-47)33-23-25-34(26-24-33)38-28-30-44(40-18-12-32-52-48(38)40)56-46-22-10-8-20-42(46)54-50(56)36-15-5-2-6-16-36/h1-32H. The number of benzene rings is 7. The van der Waals surface area contributed by atoms with Crippen LogP contribution in [-0.2, 0) is 0 Å². The van der Waals surface area contributed by atoms with Crippen molar-refractivity contribution in [3.05, 3.63) is 194 Å². The summed E-state index contributed by atoms with van der Waals surface area (Å²) in [7, 11) is 0. The normalized spacial score (nSPS) is 11.6. The predicted molar refractivity (Wildman–Crippen MR) is 228 cm³/mol. The Hall–Kier alpha value is -7.70. The van der Waals surface area contributed by atoms with Crippen LogP contribution in [0.2, 0.25) is 0 Å². The molecule has 6 nitrogen and oxygen atoms in total. The molecule has 262 valence electrons. The van der Waals surface area contributed by atoms with Gasteiger partial charge in [-0.25, -0.2) is 9.97 Å². The molecule has 0 aliphatic carbocycles. The maximum atomic E-state index is 5.09. The molecule has 0 saturated heterocycles. The number of hydrogen-bond acceptors (Lipinski definition) is 4. The second kappa shape index (κ2) is 13.0. The van der Waals surface area contributed by atoms with E-state index in [4.69, 9.17) is 19.9 Å². The summed E-state index contributed by atoms with van der Waals surface area (Å²) in [6.07, 6.45) is 3.75. The third kappa shape index (κ3) is 5.11. The number of fused-ring (bicyclic) bond motifs is 4. The van der Waals surface area contributed by atoms with E-state index in [0.717, 1.165) is 100 Å². The van der Waals surface area contributed by atoms with E-state index in [9.17, 15) is 0 Å². The second-order valence-corrected chi connectivity index (χ2v) is 13.9. The zero-order chi connectivity index (χ0) is 37.0. The molecule has 0 N–H and O–H groups in total. The average molecular weight is 717 g/mol. The van der Waals surface area contributed by atoms with E-state index in [1.54, 1.807) is 0 Å². The summed E-state index contributed by atoms with van der Waals surface area (Å²) in [5.41, 5.74) is 14.4. The molecule has 0 spiro atoms. The lowest BCUT2D eigenvalue weighted by atomic mass is 9.96. The monoisotopic (exact) mass is 716 g/mol. The number of nitrogens with zero attached hydrogens (tertiary/aromatic N) is 6. The molecule has 0 unspecified atom stereocenters.